The van der Waals surface area contributed by atoms with Crippen molar-refractivity contribution in [2.24, 2.45) is 11.1 Å². The number of hydrogen-bond donors (Lipinski definition) is 1. The van der Waals surface area contributed by atoms with Gasteiger partial charge in [0.05, 0.1) is 27.5 Å². The van der Waals surface area contributed by atoms with Crippen LogP contribution in [0.1, 0.15) is 54.9 Å². The third-order valence-electron chi connectivity index (χ3n) is 8.01. The molecule has 2 N–H and O–H groups in total. The van der Waals surface area contributed by atoms with Gasteiger partial charge in [0, 0.05) is 39.4 Å². The number of carbonyl (C=O) groups is 1. The third-order valence-corrected chi connectivity index (χ3v) is 9.79. The van der Waals surface area contributed by atoms with Crippen molar-refractivity contribution >= 4 is 52.1 Å². The summed E-state index contributed by atoms with van der Waals surface area (Å²) in [6.45, 7) is 7.98. The van der Waals surface area contributed by atoms with Crippen LogP contribution in [0.25, 0.3) is 0 Å². The van der Waals surface area contributed by atoms with E-state index in [-0.39, 0.29) is 35.0 Å². The van der Waals surface area contributed by atoms with E-state index in [0.717, 1.165) is 27.1 Å². The molecule has 5 rings (SSSR count). The van der Waals surface area contributed by atoms with E-state index < -0.39 is 16.3 Å². The fraction of sp³-hybridized carbons (Fsp3) is 0.273. The Balaban J connectivity index is 1.69. The van der Waals surface area contributed by atoms with Crippen LogP contribution < -0.4 is 10.6 Å². The van der Waals surface area contributed by atoms with E-state index in [1.54, 1.807) is 47.0 Å². The zero-order valence-corrected chi connectivity index (χ0v) is 26.5. The fourth-order valence-corrected chi connectivity index (χ4v) is 7.58. The Morgan fingerprint density at radius 1 is 1.12 bits per heavy atom. The topological polar surface area (TPSA) is 113 Å². The quantitative estimate of drug-likeness (QED) is 0.164. The number of ketones is 1. The van der Waals surface area contributed by atoms with Gasteiger partial charge in [-0.05, 0) is 72.2 Å². The number of carbonyl (C=O) groups excluding carboxylic acids is 1. The predicted molar refractivity (Wildman–Crippen MR) is 172 cm³/mol. The molecule has 220 valence electrons. The van der Waals surface area contributed by atoms with Crippen molar-refractivity contribution in [2.45, 2.75) is 57.1 Å². The molecule has 7 nitrogen and oxygen atoms in total. The van der Waals surface area contributed by atoms with Gasteiger partial charge in [-0.2, -0.15) is 5.26 Å². The molecular weight excluding hydrogens is 603 g/mol. The number of benzene rings is 3. The molecule has 1 atom stereocenters. The number of allylic oxidation sites excluding steroid dienone is 3. The van der Waals surface area contributed by atoms with E-state index in [1.165, 1.54) is 6.07 Å². The molecule has 43 heavy (non-hydrogen) atoms. The van der Waals surface area contributed by atoms with Crippen LogP contribution in [0.5, 0.6) is 0 Å². The van der Waals surface area contributed by atoms with Crippen molar-refractivity contribution in [1.82, 2.24) is 0 Å². The first-order valence-electron chi connectivity index (χ1n) is 13.7. The lowest BCUT2D eigenvalue weighted by atomic mass is 9.68. The van der Waals surface area contributed by atoms with Gasteiger partial charge in [-0.1, -0.05) is 61.3 Å². The number of nitrogens with two attached hydrogens (primary N) is 1. The fourth-order valence-electron chi connectivity index (χ4n) is 6.03. The lowest BCUT2D eigenvalue weighted by Crippen LogP contribution is -2.42. The average Bonchev–Trinajstić information content (AvgIpc) is 2.93. The molecule has 0 bridgehead atoms. The van der Waals surface area contributed by atoms with Crippen LogP contribution in [0.15, 0.2) is 82.2 Å². The lowest BCUT2D eigenvalue weighted by molar-refractivity contribution is -0.384. The number of hydrogen-bond acceptors (Lipinski definition) is 7. The van der Waals surface area contributed by atoms with Crippen LogP contribution in [0.2, 0.25) is 10.0 Å². The van der Waals surface area contributed by atoms with Crippen LogP contribution in [0.3, 0.4) is 0 Å². The maximum Gasteiger partial charge on any atom is 0.293 e. The number of anilines is 1. The van der Waals surface area contributed by atoms with Gasteiger partial charge in [-0.25, -0.2) is 0 Å². The summed E-state index contributed by atoms with van der Waals surface area (Å²) in [6, 6.07) is 18.0. The molecular formula is C33H30Cl2N4O3S. The minimum atomic E-state index is -0.707. The van der Waals surface area contributed by atoms with Crippen LogP contribution >= 0.6 is 35.0 Å². The molecule has 3 aromatic carbocycles. The van der Waals surface area contributed by atoms with Gasteiger partial charge < -0.3 is 5.73 Å². The maximum absolute atomic E-state index is 14.0. The first kappa shape index (κ1) is 30.7. The highest BCUT2D eigenvalue weighted by Gasteiger charge is 2.46. The normalized spacial score (nSPS) is 18.0. The summed E-state index contributed by atoms with van der Waals surface area (Å²) in [7, 11) is 0. The van der Waals surface area contributed by atoms with Crippen molar-refractivity contribution < 1.29 is 9.72 Å². The van der Waals surface area contributed by atoms with Gasteiger partial charge in [0.2, 0.25) is 0 Å². The second-order valence-electron chi connectivity index (χ2n) is 11.7. The Kier molecular flexibility index (Phi) is 8.36. The van der Waals surface area contributed by atoms with Gasteiger partial charge in [-0.15, -0.1) is 11.8 Å². The van der Waals surface area contributed by atoms with Crippen LogP contribution in [-0.2, 0) is 10.5 Å². The van der Waals surface area contributed by atoms with Crippen molar-refractivity contribution in [1.29, 1.82) is 5.26 Å². The first-order chi connectivity index (χ1) is 20.3. The molecule has 10 heteroatoms. The molecule has 0 radical (unpaired) electrons. The average molecular weight is 634 g/mol. The Morgan fingerprint density at radius 3 is 2.53 bits per heavy atom. The summed E-state index contributed by atoms with van der Waals surface area (Å²) in [5.41, 5.74) is 11.5. The minimum absolute atomic E-state index is 0.0904. The number of aryl methyl sites for hydroxylation is 2. The summed E-state index contributed by atoms with van der Waals surface area (Å²) in [5.74, 6) is -0.126. The molecule has 2 aliphatic rings. The van der Waals surface area contributed by atoms with Gasteiger partial charge in [0.1, 0.15) is 11.5 Å². The predicted octanol–water partition coefficient (Wildman–Crippen LogP) is 8.75. The monoisotopic (exact) mass is 632 g/mol. The molecule has 1 aliphatic carbocycles. The van der Waals surface area contributed by atoms with E-state index in [1.807, 2.05) is 39.8 Å². The van der Waals surface area contributed by atoms with Gasteiger partial charge in [-0.3, -0.25) is 19.8 Å². The van der Waals surface area contributed by atoms with Crippen LogP contribution in [0.4, 0.5) is 11.4 Å². The number of para-hydroxylation sites is 2. The Hall–Kier alpha value is -3.77. The molecule has 0 aromatic heterocycles. The number of nitrogens with zero attached hydrogens (tertiary/aromatic N) is 3. The second kappa shape index (κ2) is 11.7. The van der Waals surface area contributed by atoms with Crippen molar-refractivity contribution in [3.05, 3.63) is 120 Å². The molecule has 3 aromatic rings. The van der Waals surface area contributed by atoms with Crippen molar-refractivity contribution in [3.8, 4) is 6.07 Å². The van der Waals surface area contributed by atoms with Crippen molar-refractivity contribution in [2.75, 3.05) is 4.90 Å². The highest BCUT2D eigenvalue weighted by atomic mass is 35.5. The third kappa shape index (κ3) is 5.77. The molecule has 1 unspecified atom stereocenters. The summed E-state index contributed by atoms with van der Waals surface area (Å²) in [6.07, 6.45) is 0.740. The van der Waals surface area contributed by atoms with Crippen LogP contribution in [0, 0.1) is 40.7 Å². The number of rotatable bonds is 6. The SMILES string of the molecule is Cc1cc(C)c(C2C(C#N)=C(N)N(c3ccccc3[N+](=O)[O-])C3=C2C(=O)CC(C)(C)C3)cc1CSc1cc(Cl)ccc1Cl. The molecule has 1 heterocycles. The summed E-state index contributed by atoms with van der Waals surface area (Å²) in [5, 5.41) is 23.8. The highest BCUT2D eigenvalue weighted by Crippen LogP contribution is 2.52. The molecule has 0 spiro atoms. The Morgan fingerprint density at radius 2 is 1.84 bits per heavy atom. The maximum atomic E-state index is 14.0. The number of nitriles is 1. The number of nitro groups is 1. The lowest BCUT2D eigenvalue weighted by Gasteiger charge is -2.43. The summed E-state index contributed by atoms with van der Waals surface area (Å²) in [4.78, 5) is 28.0. The molecule has 0 amide bonds. The van der Waals surface area contributed by atoms with E-state index in [2.05, 4.69) is 12.1 Å². The molecule has 0 saturated carbocycles. The second-order valence-corrected chi connectivity index (χ2v) is 13.6. The highest BCUT2D eigenvalue weighted by molar-refractivity contribution is 7.98. The van der Waals surface area contributed by atoms with E-state index in [9.17, 15) is 20.2 Å². The number of Topliss-reactive ketones (excluding diaryl/α,β-unsaturated/α-hetero) is 1. The van der Waals surface area contributed by atoms with Gasteiger partial charge >= 0.3 is 0 Å². The summed E-state index contributed by atoms with van der Waals surface area (Å²) < 4.78 is 0. The minimum Gasteiger partial charge on any atom is -0.384 e. The van der Waals surface area contributed by atoms with E-state index in [0.29, 0.717) is 33.5 Å². The zero-order valence-electron chi connectivity index (χ0n) is 24.2. The van der Waals surface area contributed by atoms with Crippen molar-refractivity contribution in [3.63, 3.8) is 0 Å². The zero-order chi connectivity index (χ0) is 31.2. The van der Waals surface area contributed by atoms with E-state index in [4.69, 9.17) is 28.9 Å². The summed E-state index contributed by atoms with van der Waals surface area (Å²) >= 11 is 14.2. The molecule has 0 saturated heterocycles. The first-order valence-corrected chi connectivity index (χ1v) is 15.4. The molecule has 0 fully saturated rings. The standard InChI is InChI=1S/C33H30Cl2N4O3S/c1-18-11-19(2)22(12-20(18)17-43-29-13-21(34)9-10-24(29)35)30-23(16-36)32(37)38(25-7-5-6-8-26(25)39(41)42)27-14-33(3,4)15-28(40)31(27)30/h5-13,30H,14-15,17,37H2,1-4H3. The smallest absolute Gasteiger partial charge is 0.293 e. The van der Waals surface area contributed by atoms with Gasteiger partial charge in [0.25, 0.3) is 5.69 Å². The Labute approximate surface area is 265 Å². The molecule has 1 aliphatic heterocycles. The Bertz CT molecular complexity index is 1790. The number of halogens is 2. The number of thioether (sulfide) groups is 1. The largest absolute Gasteiger partial charge is 0.384 e. The van der Waals surface area contributed by atoms with Gasteiger partial charge in [0.15, 0.2) is 5.78 Å². The van der Waals surface area contributed by atoms with E-state index >= 15 is 0 Å². The number of nitro benzene ring substituents is 1. The van der Waals surface area contributed by atoms with Crippen LogP contribution in [-0.4, -0.2) is 10.7 Å².